The fourth-order valence-corrected chi connectivity index (χ4v) is 3.86. The summed E-state index contributed by atoms with van der Waals surface area (Å²) in [7, 11) is 0. The Morgan fingerprint density at radius 1 is 0.920 bits per heavy atom. The normalized spacial score (nSPS) is 20.7. The highest BCUT2D eigenvalue weighted by atomic mass is 35.5. The van der Waals surface area contributed by atoms with Gasteiger partial charge >= 0.3 is 0 Å². The Kier molecular flexibility index (Phi) is 6.58. The van der Waals surface area contributed by atoms with Crippen molar-refractivity contribution >= 4 is 11.6 Å². The van der Waals surface area contributed by atoms with Gasteiger partial charge in [-0.25, -0.2) is 0 Å². The molecule has 1 nitrogen and oxygen atoms in total. The zero-order valence-electron chi connectivity index (χ0n) is 15.0. The van der Waals surface area contributed by atoms with E-state index in [1.807, 2.05) is 0 Å². The van der Waals surface area contributed by atoms with Gasteiger partial charge < -0.3 is 4.74 Å². The Labute approximate surface area is 156 Å². The smallest absolute Gasteiger partial charge is 0.119 e. The standard InChI is InChI=1S/C23H27ClO/c1-2-17-25-23-13-11-22(12-14-23)21-9-7-20(8-10-21)19-5-3-18(4-6-19)15-16-24/h7-16,18-19H,2-6,17H2,1H3/b16-15+. The van der Waals surface area contributed by atoms with Gasteiger partial charge in [0.1, 0.15) is 5.75 Å². The summed E-state index contributed by atoms with van der Waals surface area (Å²) in [6, 6.07) is 17.5. The van der Waals surface area contributed by atoms with Crippen LogP contribution in [0.1, 0.15) is 50.5 Å². The van der Waals surface area contributed by atoms with E-state index in [1.54, 1.807) is 5.54 Å². The van der Waals surface area contributed by atoms with Gasteiger partial charge in [-0.3, -0.25) is 0 Å². The molecule has 0 aliphatic heterocycles. The lowest BCUT2D eigenvalue weighted by molar-refractivity contribution is 0.317. The zero-order chi connectivity index (χ0) is 17.5. The highest BCUT2D eigenvalue weighted by Gasteiger charge is 2.20. The van der Waals surface area contributed by atoms with Crippen LogP contribution in [0.25, 0.3) is 11.1 Å². The third kappa shape index (κ3) is 4.89. The fourth-order valence-electron chi connectivity index (χ4n) is 3.66. The predicted molar refractivity (Wildman–Crippen MR) is 107 cm³/mol. The van der Waals surface area contributed by atoms with Crippen LogP contribution in [-0.4, -0.2) is 6.61 Å². The first-order valence-corrected chi connectivity index (χ1v) is 9.84. The molecule has 0 saturated heterocycles. The molecule has 0 spiro atoms. The molecule has 0 unspecified atom stereocenters. The summed E-state index contributed by atoms with van der Waals surface area (Å²) in [5, 5.41) is 0. The lowest BCUT2D eigenvalue weighted by Gasteiger charge is -2.27. The number of ether oxygens (including phenoxy) is 1. The molecule has 2 heteroatoms. The summed E-state index contributed by atoms with van der Waals surface area (Å²) in [5.74, 6) is 2.31. The van der Waals surface area contributed by atoms with Crippen LogP contribution in [-0.2, 0) is 0 Å². The summed E-state index contributed by atoms with van der Waals surface area (Å²) in [6.07, 6.45) is 8.19. The van der Waals surface area contributed by atoms with E-state index in [0.29, 0.717) is 11.8 Å². The van der Waals surface area contributed by atoms with Gasteiger partial charge in [-0.15, -0.1) is 0 Å². The fraction of sp³-hybridized carbons (Fsp3) is 0.391. The summed E-state index contributed by atoms with van der Waals surface area (Å²) in [6.45, 7) is 2.90. The van der Waals surface area contributed by atoms with Crippen LogP contribution >= 0.6 is 11.6 Å². The van der Waals surface area contributed by atoms with Gasteiger partial charge in [0.15, 0.2) is 0 Å². The Morgan fingerprint density at radius 3 is 2.08 bits per heavy atom. The Morgan fingerprint density at radius 2 is 1.52 bits per heavy atom. The summed E-state index contributed by atoms with van der Waals surface area (Å²) < 4.78 is 5.66. The van der Waals surface area contributed by atoms with Gasteiger partial charge in [0.25, 0.3) is 0 Å². The predicted octanol–water partition coefficient (Wildman–Crippen LogP) is 7.17. The van der Waals surface area contributed by atoms with Crippen LogP contribution < -0.4 is 4.74 Å². The average molecular weight is 355 g/mol. The van der Waals surface area contributed by atoms with E-state index in [4.69, 9.17) is 16.3 Å². The lowest BCUT2D eigenvalue weighted by atomic mass is 9.78. The minimum absolute atomic E-state index is 0.668. The maximum Gasteiger partial charge on any atom is 0.119 e. The number of hydrogen-bond donors (Lipinski definition) is 0. The molecule has 0 amide bonds. The van der Waals surface area contributed by atoms with Gasteiger partial charge in [0, 0.05) is 5.54 Å². The van der Waals surface area contributed by atoms with E-state index in [9.17, 15) is 0 Å². The van der Waals surface area contributed by atoms with E-state index in [0.717, 1.165) is 18.8 Å². The van der Waals surface area contributed by atoms with Gasteiger partial charge in [-0.1, -0.05) is 61.0 Å². The molecule has 0 N–H and O–H groups in total. The first-order valence-electron chi connectivity index (χ1n) is 9.40. The molecule has 1 saturated carbocycles. The van der Waals surface area contributed by atoms with Crippen LogP contribution in [0, 0.1) is 5.92 Å². The number of hydrogen-bond acceptors (Lipinski definition) is 1. The Bertz CT molecular complexity index is 664. The molecule has 1 fully saturated rings. The first kappa shape index (κ1) is 18.1. The second kappa shape index (κ2) is 9.10. The van der Waals surface area contributed by atoms with Crippen molar-refractivity contribution in [3.63, 3.8) is 0 Å². The highest BCUT2D eigenvalue weighted by Crippen LogP contribution is 2.37. The van der Waals surface area contributed by atoms with Crippen LogP contribution in [0.3, 0.4) is 0 Å². The van der Waals surface area contributed by atoms with E-state index in [-0.39, 0.29) is 0 Å². The number of benzene rings is 2. The number of rotatable bonds is 6. The SMILES string of the molecule is CCCOc1ccc(-c2ccc(C3CCC(/C=C/Cl)CC3)cc2)cc1. The molecule has 1 aliphatic carbocycles. The molecule has 0 aromatic heterocycles. The molecule has 2 aromatic carbocycles. The van der Waals surface area contributed by atoms with Crippen molar-refractivity contribution in [1.29, 1.82) is 0 Å². The van der Waals surface area contributed by atoms with Gasteiger partial charge in [0.2, 0.25) is 0 Å². The summed E-state index contributed by atoms with van der Waals surface area (Å²) in [5.41, 5.74) is 5.66. The van der Waals surface area contributed by atoms with Crippen molar-refractivity contribution < 1.29 is 4.74 Å². The number of allylic oxidation sites excluding steroid dienone is 1. The summed E-state index contributed by atoms with van der Waals surface area (Å²) >= 11 is 5.71. The molecular weight excluding hydrogens is 328 g/mol. The second-order valence-corrected chi connectivity index (χ2v) is 7.18. The molecule has 0 atom stereocenters. The maximum absolute atomic E-state index is 5.71. The molecule has 0 radical (unpaired) electrons. The molecule has 0 bridgehead atoms. The number of halogens is 1. The average Bonchev–Trinajstić information content (AvgIpc) is 2.68. The monoisotopic (exact) mass is 354 g/mol. The molecule has 0 heterocycles. The minimum Gasteiger partial charge on any atom is -0.494 e. The molecule has 3 rings (SSSR count). The van der Waals surface area contributed by atoms with Crippen molar-refractivity contribution in [3.05, 3.63) is 65.7 Å². The van der Waals surface area contributed by atoms with Crippen molar-refractivity contribution in [2.75, 3.05) is 6.61 Å². The van der Waals surface area contributed by atoms with E-state index < -0.39 is 0 Å². The lowest BCUT2D eigenvalue weighted by Crippen LogP contribution is -2.11. The quantitative estimate of drug-likeness (QED) is 0.534. The van der Waals surface area contributed by atoms with Crippen molar-refractivity contribution in [2.24, 2.45) is 5.92 Å². The van der Waals surface area contributed by atoms with Crippen LogP contribution in [0.15, 0.2) is 60.1 Å². The van der Waals surface area contributed by atoms with Gasteiger partial charge in [-0.05, 0) is 72.8 Å². The van der Waals surface area contributed by atoms with Crippen molar-refractivity contribution in [3.8, 4) is 16.9 Å². The van der Waals surface area contributed by atoms with Crippen molar-refractivity contribution in [2.45, 2.75) is 44.9 Å². The van der Waals surface area contributed by atoms with Crippen LogP contribution in [0.4, 0.5) is 0 Å². The first-order chi connectivity index (χ1) is 12.3. The van der Waals surface area contributed by atoms with E-state index in [2.05, 4.69) is 61.5 Å². The molecule has 2 aromatic rings. The van der Waals surface area contributed by atoms with Crippen molar-refractivity contribution in [1.82, 2.24) is 0 Å². The molecule has 1 aliphatic rings. The van der Waals surface area contributed by atoms with E-state index in [1.165, 1.54) is 42.4 Å². The zero-order valence-corrected chi connectivity index (χ0v) is 15.7. The largest absolute Gasteiger partial charge is 0.494 e. The van der Waals surface area contributed by atoms with Gasteiger partial charge in [-0.2, -0.15) is 0 Å². The third-order valence-corrected chi connectivity index (χ3v) is 5.30. The topological polar surface area (TPSA) is 9.23 Å². The van der Waals surface area contributed by atoms with Crippen LogP contribution in [0.5, 0.6) is 5.75 Å². The van der Waals surface area contributed by atoms with Gasteiger partial charge in [0.05, 0.1) is 6.61 Å². The van der Waals surface area contributed by atoms with E-state index >= 15 is 0 Å². The summed E-state index contributed by atoms with van der Waals surface area (Å²) in [4.78, 5) is 0. The third-order valence-electron chi connectivity index (χ3n) is 5.16. The Balaban J connectivity index is 1.62. The van der Waals surface area contributed by atoms with Crippen LogP contribution in [0.2, 0.25) is 0 Å². The highest BCUT2D eigenvalue weighted by molar-refractivity contribution is 6.25. The minimum atomic E-state index is 0.668. The second-order valence-electron chi connectivity index (χ2n) is 6.92. The molecular formula is C23H27ClO. The molecule has 25 heavy (non-hydrogen) atoms. The maximum atomic E-state index is 5.71. The Hall–Kier alpha value is -1.73. The molecule has 132 valence electrons.